The van der Waals surface area contributed by atoms with Crippen molar-refractivity contribution < 1.29 is 4.79 Å². The molecule has 4 N–H and O–H groups in total. The lowest BCUT2D eigenvalue weighted by Gasteiger charge is -2.47. The van der Waals surface area contributed by atoms with E-state index in [9.17, 15) is 4.79 Å². The van der Waals surface area contributed by atoms with Gasteiger partial charge >= 0.3 is 6.03 Å². The summed E-state index contributed by atoms with van der Waals surface area (Å²) in [6.45, 7) is 8.45. The Morgan fingerprint density at radius 1 is 1.39 bits per heavy atom. The van der Waals surface area contributed by atoms with Crippen LogP contribution < -0.4 is 16.4 Å². The number of aromatic nitrogens is 2. The van der Waals surface area contributed by atoms with Gasteiger partial charge in [-0.3, -0.25) is 4.90 Å². The Kier molecular flexibility index (Phi) is 7.07. The molecule has 0 saturated carbocycles. The van der Waals surface area contributed by atoms with Gasteiger partial charge in [-0.2, -0.15) is 0 Å². The summed E-state index contributed by atoms with van der Waals surface area (Å²) >= 11 is 0. The third-order valence-electron chi connectivity index (χ3n) is 6.05. The van der Waals surface area contributed by atoms with Gasteiger partial charge < -0.3 is 21.3 Å². The highest BCUT2D eigenvalue weighted by Gasteiger charge is 2.40. The molecule has 8 nitrogen and oxygen atoms in total. The van der Waals surface area contributed by atoms with E-state index < -0.39 is 0 Å². The molecule has 2 amide bonds. The van der Waals surface area contributed by atoms with Crippen LogP contribution in [0, 0.1) is 5.92 Å². The summed E-state index contributed by atoms with van der Waals surface area (Å²) in [5, 5.41) is 6.41. The quantitative estimate of drug-likeness (QED) is 0.640. The fraction of sp³-hybridized carbons (Fsp3) is 0.750. The van der Waals surface area contributed by atoms with Crippen molar-refractivity contribution in [1.29, 1.82) is 0 Å². The van der Waals surface area contributed by atoms with E-state index in [1.807, 2.05) is 25.1 Å². The third kappa shape index (κ3) is 4.72. The number of rotatable bonds is 7. The minimum atomic E-state index is 0.0421. The second-order valence-corrected chi connectivity index (χ2v) is 8.00. The molecule has 0 spiro atoms. The molecule has 1 saturated heterocycles. The molecule has 0 radical (unpaired) electrons. The van der Waals surface area contributed by atoms with Crippen molar-refractivity contribution in [3.8, 4) is 0 Å². The highest BCUT2D eigenvalue weighted by atomic mass is 16.2. The number of likely N-dealkylation sites (tertiary alicyclic amines) is 1. The lowest BCUT2D eigenvalue weighted by Crippen LogP contribution is -2.59. The van der Waals surface area contributed by atoms with Crippen LogP contribution in [0.15, 0.2) is 6.20 Å². The van der Waals surface area contributed by atoms with E-state index in [1.54, 1.807) is 0 Å². The van der Waals surface area contributed by atoms with E-state index in [0.29, 0.717) is 24.5 Å². The number of anilines is 1. The molecule has 156 valence electrons. The second kappa shape index (κ2) is 9.52. The molecular formula is C20H35N7O. The van der Waals surface area contributed by atoms with Crippen LogP contribution in [-0.2, 0) is 12.8 Å². The van der Waals surface area contributed by atoms with Gasteiger partial charge in [0.15, 0.2) is 0 Å². The van der Waals surface area contributed by atoms with Crippen LogP contribution in [-0.4, -0.2) is 77.7 Å². The van der Waals surface area contributed by atoms with Crippen LogP contribution in [0.3, 0.4) is 0 Å². The lowest BCUT2D eigenvalue weighted by molar-refractivity contribution is 0.0626. The van der Waals surface area contributed by atoms with Gasteiger partial charge in [-0.1, -0.05) is 6.92 Å². The van der Waals surface area contributed by atoms with Gasteiger partial charge in [0, 0.05) is 50.2 Å². The van der Waals surface area contributed by atoms with E-state index >= 15 is 0 Å². The maximum absolute atomic E-state index is 12.7. The van der Waals surface area contributed by atoms with E-state index in [1.165, 1.54) is 5.56 Å². The van der Waals surface area contributed by atoms with Crippen molar-refractivity contribution in [2.75, 3.05) is 45.5 Å². The maximum atomic E-state index is 12.7. The normalized spacial score (nSPS) is 24.3. The molecule has 3 atom stereocenters. The first-order valence-corrected chi connectivity index (χ1v) is 10.6. The Labute approximate surface area is 168 Å². The summed E-state index contributed by atoms with van der Waals surface area (Å²) in [6.07, 6.45) is 5.88. The van der Waals surface area contributed by atoms with Crippen LogP contribution in [0.25, 0.3) is 0 Å². The SMILES string of the molecule is CCCN1CC(NC(=O)N(CC)CCNC)CC2Cc3nc(N)ncc3CC21. The van der Waals surface area contributed by atoms with Crippen molar-refractivity contribution in [3.63, 3.8) is 0 Å². The van der Waals surface area contributed by atoms with Crippen LogP contribution in [0.2, 0.25) is 0 Å². The summed E-state index contributed by atoms with van der Waals surface area (Å²) in [7, 11) is 1.91. The first kappa shape index (κ1) is 20.8. The van der Waals surface area contributed by atoms with Crippen molar-refractivity contribution in [1.82, 2.24) is 30.4 Å². The Morgan fingerprint density at radius 3 is 2.93 bits per heavy atom. The fourth-order valence-electron chi connectivity index (χ4n) is 4.67. The fourth-order valence-corrected chi connectivity index (χ4v) is 4.67. The highest BCUT2D eigenvalue weighted by Crippen LogP contribution is 2.34. The molecule has 1 aromatic heterocycles. The molecule has 1 aromatic rings. The zero-order chi connectivity index (χ0) is 20.1. The summed E-state index contributed by atoms with van der Waals surface area (Å²) < 4.78 is 0. The number of likely N-dealkylation sites (N-methyl/N-ethyl adjacent to an activating group) is 2. The lowest BCUT2D eigenvalue weighted by atomic mass is 9.76. The number of urea groups is 1. The molecule has 1 aliphatic carbocycles. The first-order valence-electron chi connectivity index (χ1n) is 10.6. The number of nitrogen functional groups attached to an aromatic ring is 1. The first-order chi connectivity index (χ1) is 13.5. The maximum Gasteiger partial charge on any atom is 0.317 e. The van der Waals surface area contributed by atoms with Gasteiger partial charge in [0.2, 0.25) is 5.95 Å². The molecule has 0 aromatic carbocycles. The minimum Gasteiger partial charge on any atom is -0.368 e. The molecule has 0 bridgehead atoms. The number of fused-ring (bicyclic) bond motifs is 2. The number of nitrogens with one attached hydrogen (secondary N) is 2. The molecule has 3 unspecified atom stereocenters. The monoisotopic (exact) mass is 389 g/mol. The number of amides is 2. The summed E-state index contributed by atoms with van der Waals surface area (Å²) in [5.41, 5.74) is 8.12. The number of hydrogen-bond donors (Lipinski definition) is 3. The molecular weight excluding hydrogens is 354 g/mol. The Hall–Kier alpha value is -1.93. The van der Waals surface area contributed by atoms with Crippen molar-refractivity contribution in [2.24, 2.45) is 5.92 Å². The second-order valence-electron chi connectivity index (χ2n) is 8.00. The summed E-state index contributed by atoms with van der Waals surface area (Å²) in [5.74, 6) is 0.839. The molecule has 8 heteroatoms. The summed E-state index contributed by atoms with van der Waals surface area (Å²) in [4.78, 5) is 25.8. The standard InChI is InChI=1S/C20H35N7O/c1-4-7-27-13-16(24-20(28)26(5-2)8-6-22-3)9-14-10-17-15(11-18(14)27)12-23-19(21)25-17/h12,14,16,18,22H,4-11,13H2,1-3H3,(H,24,28)(H2,21,23,25). The Balaban J connectivity index is 1.70. The molecule has 2 heterocycles. The number of nitrogens with zero attached hydrogens (tertiary/aromatic N) is 4. The number of carbonyl (C=O) groups is 1. The van der Waals surface area contributed by atoms with Gasteiger partial charge in [0.1, 0.15) is 0 Å². The van der Waals surface area contributed by atoms with E-state index in [4.69, 9.17) is 5.73 Å². The summed E-state index contributed by atoms with van der Waals surface area (Å²) in [6, 6.07) is 0.712. The molecule has 3 rings (SSSR count). The zero-order valence-corrected chi connectivity index (χ0v) is 17.4. The van der Waals surface area contributed by atoms with E-state index in [-0.39, 0.29) is 12.1 Å². The largest absolute Gasteiger partial charge is 0.368 e. The van der Waals surface area contributed by atoms with Gasteiger partial charge in [0.25, 0.3) is 0 Å². The zero-order valence-electron chi connectivity index (χ0n) is 17.4. The third-order valence-corrected chi connectivity index (χ3v) is 6.05. The predicted molar refractivity (Wildman–Crippen MR) is 111 cm³/mol. The molecule has 1 aliphatic heterocycles. The van der Waals surface area contributed by atoms with Crippen LogP contribution in [0.1, 0.15) is 37.9 Å². The topological polar surface area (TPSA) is 99.4 Å². The molecule has 28 heavy (non-hydrogen) atoms. The Morgan fingerprint density at radius 2 is 2.21 bits per heavy atom. The van der Waals surface area contributed by atoms with Crippen molar-refractivity contribution in [3.05, 3.63) is 17.5 Å². The average molecular weight is 390 g/mol. The van der Waals surface area contributed by atoms with Crippen LogP contribution >= 0.6 is 0 Å². The van der Waals surface area contributed by atoms with Crippen LogP contribution in [0.4, 0.5) is 10.7 Å². The predicted octanol–water partition coefficient (Wildman–Crippen LogP) is 0.877. The number of nitrogens with two attached hydrogens (primary N) is 1. The smallest absolute Gasteiger partial charge is 0.317 e. The molecule has 2 aliphatic rings. The highest BCUT2D eigenvalue weighted by molar-refractivity contribution is 5.74. The van der Waals surface area contributed by atoms with Gasteiger partial charge in [0.05, 0.1) is 0 Å². The van der Waals surface area contributed by atoms with E-state index in [2.05, 4.69) is 32.4 Å². The van der Waals surface area contributed by atoms with Gasteiger partial charge in [-0.15, -0.1) is 0 Å². The van der Waals surface area contributed by atoms with Gasteiger partial charge in [-0.25, -0.2) is 14.8 Å². The van der Waals surface area contributed by atoms with Crippen molar-refractivity contribution in [2.45, 2.75) is 51.6 Å². The Bertz CT molecular complexity index is 668. The number of hydrogen-bond acceptors (Lipinski definition) is 6. The van der Waals surface area contributed by atoms with Gasteiger partial charge in [-0.05, 0) is 57.7 Å². The van der Waals surface area contributed by atoms with E-state index in [0.717, 1.165) is 57.6 Å². The number of piperidine rings is 1. The minimum absolute atomic E-state index is 0.0421. The molecule has 1 fully saturated rings. The van der Waals surface area contributed by atoms with Crippen molar-refractivity contribution >= 4 is 12.0 Å². The average Bonchev–Trinajstić information content (AvgIpc) is 2.67. The van der Waals surface area contributed by atoms with Crippen LogP contribution in [0.5, 0.6) is 0 Å². The number of carbonyl (C=O) groups excluding carboxylic acids is 1.